The molecule has 4 heteroatoms. The summed E-state index contributed by atoms with van der Waals surface area (Å²) in [5.74, 6) is -0.172. The van der Waals surface area contributed by atoms with Crippen LogP contribution < -0.4 is 5.73 Å². The number of nitrogens with zero attached hydrogens (tertiary/aromatic N) is 1. The summed E-state index contributed by atoms with van der Waals surface area (Å²) in [7, 11) is 2.03. The number of thiophene rings is 1. The van der Waals surface area contributed by atoms with Crippen LogP contribution >= 0.6 is 11.3 Å². The van der Waals surface area contributed by atoms with Gasteiger partial charge in [0.2, 0.25) is 0 Å². The number of nitrogens with two attached hydrogens (primary N) is 1. The Bertz CT molecular complexity index is 541. The Balaban J connectivity index is 2.14. The van der Waals surface area contributed by atoms with Crippen molar-refractivity contribution in [3.05, 3.63) is 58.0 Å². The first kappa shape index (κ1) is 16.1. The van der Waals surface area contributed by atoms with Crippen molar-refractivity contribution in [3.8, 4) is 0 Å². The summed E-state index contributed by atoms with van der Waals surface area (Å²) in [6.07, 6.45) is 1.79. The molecule has 0 saturated carbocycles. The van der Waals surface area contributed by atoms with Crippen molar-refractivity contribution in [1.29, 1.82) is 0 Å². The van der Waals surface area contributed by atoms with Crippen LogP contribution in [0.25, 0.3) is 0 Å². The summed E-state index contributed by atoms with van der Waals surface area (Å²) < 4.78 is 14.1. The second-order valence-electron chi connectivity index (χ2n) is 5.35. The fraction of sp³-hybridized carbons (Fsp3) is 0.412. The van der Waals surface area contributed by atoms with Crippen LogP contribution in [-0.2, 0) is 6.42 Å². The maximum Gasteiger partial charge on any atom is 0.128 e. The molecule has 2 atom stereocenters. The maximum atomic E-state index is 14.1. The Hall–Kier alpha value is -1.23. The predicted octanol–water partition coefficient (Wildman–Crippen LogP) is 3.84. The first-order valence-electron chi connectivity index (χ1n) is 7.36. The van der Waals surface area contributed by atoms with E-state index >= 15 is 0 Å². The average molecular weight is 306 g/mol. The van der Waals surface area contributed by atoms with Crippen LogP contribution in [0.15, 0.2) is 41.8 Å². The third-order valence-electron chi connectivity index (χ3n) is 3.87. The molecular formula is C17H23FN2S. The molecule has 114 valence electrons. The van der Waals surface area contributed by atoms with Crippen LogP contribution in [-0.4, -0.2) is 24.5 Å². The lowest BCUT2D eigenvalue weighted by molar-refractivity contribution is 0.207. The molecule has 0 aliphatic carbocycles. The molecular weight excluding hydrogens is 283 g/mol. The highest BCUT2D eigenvalue weighted by Crippen LogP contribution is 2.26. The fourth-order valence-corrected chi connectivity index (χ4v) is 3.31. The number of halogens is 1. The smallest absolute Gasteiger partial charge is 0.128 e. The Kier molecular flexibility index (Phi) is 5.91. The summed E-state index contributed by atoms with van der Waals surface area (Å²) in [5, 5.41) is 2.08. The monoisotopic (exact) mass is 306 g/mol. The Labute approximate surface area is 130 Å². The van der Waals surface area contributed by atoms with Gasteiger partial charge in [-0.15, -0.1) is 11.3 Å². The lowest BCUT2D eigenvalue weighted by Crippen LogP contribution is -2.40. The minimum absolute atomic E-state index is 0.0739. The van der Waals surface area contributed by atoms with E-state index in [9.17, 15) is 4.39 Å². The molecule has 0 saturated heterocycles. The zero-order valence-electron chi connectivity index (χ0n) is 12.6. The van der Waals surface area contributed by atoms with Gasteiger partial charge in [0.25, 0.3) is 0 Å². The van der Waals surface area contributed by atoms with Gasteiger partial charge in [0.15, 0.2) is 0 Å². The molecule has 0 fully saturated rings. The van der Waals surface area contributed by atoms with Crippen molar-refractivity contribution in [3.63, 3.8) is 0 Å². The Morgan fingerprint density at radius 1 is 1.24 bits per heavy atom. The molecule has 1 heterocycles. The lowest BCUT2D eigenvalue weighted by Gasteiger charge is -2.33. The second kappa shape index (κ2) is 7.69. The molecule has 2 N–H and O–H groups in total. The summed E-state index contributed by atoms with van der Waals surface area (Å²) in [6, 6.07) is 11.0. The normalized spacial score (nSPS) is 14.3. The van der Waals surface area contributed by atoms with Crippen LogP contribution in [0.1, 0.15) is 29.8 Å². The Morgan fingerprint density at radius 2 is 2.00 bits per heavy atom. The SMILES string of the molecule is CCC(N)C(c1ccccc1F)N(C)CCc1cccs1. The van der Waals surface area contributed by atoms with Gasteiger partial charge in [0.05, 0.1) is 6.04 Å². The number of hydrogen-bond acceptors (Lipinski definition) is 3. The molecule has 0 spiro atoms. The minimum Gasteiger partial charge on any atom is -0.326 e. The second-order valence-corrected chi connectivity index (χ2v) is 6.38. The first-order valence-corrected chi connectivity index (χ1v) is 8.24. The zero-order valence-corrected chi connectivity index (χ0v) is 13.4. The van der Waals surface area contributed by atoms with Crippen LogP contribution in [0.4, 0.5) is 4.39 Å². The molecule has 21 heavy (non-hydrogen) atoms. The van der Waals surface area contributed by atoms with Crippen LogP contribution in [0.2, 0.25) is 0 Å². The summed E-state index contributed by atoms with van der Waals surface area (Å²) in [5.41, 5.74) is 6.96. The Morgan fingerprint density at radius 3 is 2.62 bits per heavy atom. The van der Waals surface area contributed by atoms with E-state index in [-0.39, 0.29) is 17.9 Å². The van der Waals surface area contributed by atoms with Gasteiger partial charge in [-0.3, -0.25) is 4.90 Å². The van der Waals surface area contributed by atoms with Gasteiger partial charge in [0, 0.05) is 23.0 Å². The number of rotatable bonds is 7. The number of hydrogen-bond donors (Lipinski definition) is 1. The molecule has 2 rings (SSSR count). The van der Waals surface area contributed by atoms with E-state index in [0.717, 1.165) is 19.4 Å². The van der Waals surface area contributed by atoms with Gasteiger partial charge < -0.3 is 5.73 Å². The minimum atomic E-state index is -0.172. The summed E-state index contributed by atoms with van der Waals surface area (Å²) in [4.78, 5) is 3.52. The van der Waals surface area contributed by atoms with E-state index in [2.05, 4.69) is 22.4 Å². The largest absolute Gasteiger partial charge is 0.326 e. The van der Waals surface area contributed by atoms with E-state index in [0.29, 0.717) is 5.56 Å². The van der Waals surface area contributed by atoms with Crippen LogP contribution in [0.3, 0.4) is 0 Å². The summed E-state index contributed by atoms with van der Waals surface area (Å²) >= 11 is 1.76. The third kappa shape index (κ3) is 4.13. The van der Waals surface area contributed by atoms with Crippen molar-refractivity contribution in [1.82, 2.24) is 4.90 Å². The molecule has 2 unspecified atom stereocenters. The molecule has 2 aromatic rings. The van der Waals surface area contributed by atoms with Gasteiger partial charge in [0.1, 0.15) is 5.82 Å². The molecule has 0 aliphatic rings. The quantitative estimate of drug-likeness (QED) is 0.842. The molecule has 1 aromatic carbocycles. The molecule has 0 amide bonds. The van der Waals surface area contributed by atoms with E-state index in [1.54, 1.807) is 17.4 Å². The van der Waals surface area contributed by atoms with E-state index in [4.69, 9.17) is 5.73 Å². The third-order valence-corrected chi connectivity index (χ3v) is 4.80. The van der Waals surface area contributed by atoms with Crippen molar-refractivity contribution in [2.24, 2.45) is 5.73 Å². The van der Waals surface area contributed by atoms with Crippen molar-refractivity contribution in [2.45, 2.75) is 31.8 Å². The highest BCUT2D eigenvalue weighted by molar-refractivity contribution is 7.09. The highest BCUT2D eigenvalue weighted by Gasteiger charge is 2.25. The van der Waals surface area contributed by atoms with Crippen molar-refractivity contribution >= 4 is 11.3 Å². The van der Waals surface area contributed by atoms with Crippen molar-refractivity contribution in [2.75, 3.05) is 13.6 Å². The summed E-state index contributed by atoms with van der Waals surface area (Å²) in [6.45, 7) is 2.92. The highest BCUT2D eigenvalue weighted by atomic mass is 32.1. The zero-order chi connectivity index (χ0) is 15.2. The average Bonchev–Trinajstić information content (AvgIpc) is 3.00. The van der Waals surface area contributed by atoms with Gasteiger partial charge >= 0.3 is 0 Å². The molecule has 0 radical (unpaired) electrons. The van der Waals surface area contributed by atoms with E-state index < -0.39 is 0 Å². The van der Waals surface area contributed by atoms with Gasteiger partial charge in [-0.2, -0.15) is 0 Å². The topological polar surface area (TPSA) is 29.3 Å². The van der Waals surface area contributed by atoms with Crippen LogP contribution in [0.5, 0.6) is 0 Å². The first-order chi connectivity index (χ1) is 10.1. The lowest BCUT2D eigenvalue weighted by atomic mass is 9.96. The van der Waals surface area contributed by atoms with Crippen LogP contribution in [0, 0.1) is 5.82 Å². The standard InChI is InChI=1S/C17H23FN2S/c1-3-16(19)17(14-8-4-5-9-15(14)18)20(2)11-10-13-7-6-12-21-13/h4-9,12,16-17H,3,10-11,19H2,1-2H3. The van der Waals surface area contributed by atoms with E-state index in [1.165, 1.54) is 10.9 Å². The maximum absolute atomic E-state index is 14.1. The predicted molar refractivity (Wildman–Crippen MR) is 88.1 cm³/mol. The molecule has 1 aromatic heterocycles. The van der Waals surface area contributed by atoms with Crippen molar-refractivity contribution < 1.29 is 4.39 Å². The van der Waals surface area contributed by atoms with Gasteiger partial charge in [-0.05, 0) is 37.4 Å². The number of likely N-dealkylation sites (N-methyl/N-ethyl adjacent to an activating group) is 1. The van der Waals surface area contributed by atoms with E-state index in [1.807, 2.05) is 26.1 Å². The van der Waals surface area contributed by atoms with Gasteiger partial charge in [-0.25, -0.2) is 4.39 Å². The van der Waals surface area contributed by atoms with Gasteiger partial charge in [-0.1, -0.05) is 31.2 Å². The molecule has 0 aliphatic heterocycles. The molecule has 0 bridgehead atoms. The number of benzene rings is 1. The fourth-order valence-electron chi connectivity index (χ4n) is 2.61. The molecule has 2 nitrogen and oxygen atoms in total.